The molecule has 0 aliphatic carbocycles. The zero-order chi connectivity index (χ0) is 23.7. The number of aryl methyl sites for hydroxylation is 1. The van der Waals surface area contributed by atoms with Crippen molar-refractivity contribution in [3.63, 3.8) is 0 Å². The molecule has 5 rings (SSSR count). The molecular weight excluding hydrogens is 487 g/mol. The molecule has 8 heteroatoms. The van der Waals surface area contributed by atoms with Crippen LogP contribution in [-0.4, -0.2) is 33.6 Å². The van der Waals surface area contributed by atoms with E-state index in [0.717, 1.165) is 47.5 Å². The van der Waals surface area contributed by atoms with Crippen molar-refractivity contribution in [3.05, 3.63) is 91.5 Å². The second kappa shape index (κ2) is 9.92. The summed E-state index contributed by atoms with van der Waals surface area (Å²) in [6.45, 7) is 4.96. The molecule has 3 heterocycles. The normalized spacial score (nSPS) is 14.1. The van der Waals surface area contributed by atoms with Gasteiger partial charge in [0.1, 0.15) is 0 Å². The van der Waals surface area contributed by atoms with Crippen molar-refractivity contribution in [1.82, 2.24) is 19.8 Å². The average molecular weight is 511 g/mol. The van der Waals surface area contributed by atoms with Crippen molar-refractivity contribution in [1.29, 1.82) is 0 Å². The van der Waals surface area contributed by atoms with E-state index in [0.29, 0.717) is 16.0 Å². The first-order valence-corrected chi connectivity index (χ1v) is 12.7. The van der Waals surface area contributed by atoms with Gasteiger partial charge < -0.3 is 5.32 Å². The average Bonchev–Trinajstić information content (AvgIpc) is 3.40. The Morgan fingerprint density at radius 1 is 1.21 bits per heavy atom. The molecule has 1 aliphatic heterocycles. The highest BCUT2D eigenvalue weighted by molar-refractivity contribution is 7.15. The van der Waals surface area contributed by atoms with E-state index in [1.54, 1.807) is 10.8 Å². The third kappa shape index (κ3) is 4.77. The zero-order valence-corrected chi connectivity index (χ0v) is 21.1. The zero-order valence-electron chi connectivity index (χ0n) is 18.7. The molecule has 2 aromatic carbocycles. The molecule has 0 spiro atoms. The van der Waals surface area contributed by atoms with Gasteiger partial charge in [-0.05, 0) is 24.1 Å². The maximum Gasteiger partial charge on any atom is 0.326 e. The predicted octanol–water partition coefficient (Wildman–Crippen LogP) is 6.54. The Morgan fingerprint density at radius 2 is 2.03 bits per heavy atom. The Hall–Kier alpha value is -2.64. The van der Waals surface area contributed by atoms with Crippen molar-refractivity contribution in [2.45, 2.75) is 26.4 Å². The molecule has 0 fully saturated rings. The fourth-order valence-corrected chi connectivity index (χ4v) is 5.60. The van der Waals surface area contributed by atoms with Crippen LogP contribution >= 0.6 is 34.5 Å². The van der Waals surface area contributed by atoms with E-state index in [-0.39, 0.29) is 6.03 Å². The number of amides is 1. The summed E-state index contributed by atoms with van der Waals surface area (Å²) >= 11 is 13.9. The number of nitrogens with one attached hydrogen (secondary N) is 1. The van der Waals surface area contributed by atoms with Gasteiger partial charge in [0.2, 0.25) is 0 Å². The molecule has 0 saturated carbocycles. The minimum atomic E-state index is -0.184. The number of hydrogen-bond acceptors (Lipinski definition) is 4. The fourth-order valence-electron chi connectivity index (χ4n) is 4.42. The minimum Gasteiger partial charge on any atom is -0.332 e. The molecule has 174 valence electrons. The summed E-state index contributed by atoms with van der Waals surface area (Å²) < 4.78 is 2.22. The molecule has 34 heavy (non-hydrogen) atoms. The van der Waals surface area contributed by atoms with E-state index in [1.807, 2.05) is 12.1 Å². The number of fused-ring (bicyclic) bond motifs is 3. The van der Waals surface area contributed by atoms with Crippen LogP contribution in [0.1, 0.15) is 27.3 Å². The SMILES string of the molecule is Cc1ccc(/C=C/CN2CCc3c(c4cccc(Cl)c4n3C(=O)NCc3cnc(Cl)s3)C2)cc1. The molecule has 1 aliphatic rings. The molecule has 1 amide bonds. The number of carbonyl (C=O) groups excluding carboxylic acids is 1. The van der Waals surface area contributed by atoms with E-state index in [2.05, 4.69) is 64.6 Å². The standard InChI is InChI=1S/C26H24Cl2N4OS/c1-17-7-9-18(10-8-17)4-3-12-31-13-11-23-21(16-31)20-5-2-6-22(27)24(20)32(23)26(33)30-15-19-14-29-25(28)34-19/h2-10,14H,11-13,15-16H2,1H3,(H,30,33)/b4-3+. The number of thiazole rings is 1. The Labute approximate surface area is 212 Å². The number of carbonyl (C=O) groups is 1. The van der Waals surface area contributed by atoms with Gasteiger partial charge in [-0.15, -0.1) is 11.3 Å². The van der Waals surface area contributed by atoms with Gasteiger partial charge in [0.05, 0.1) is 17.1 Å². The summed E-state index contributed by atoms with van der Waals surface area (Å²) in [5.41, 5.74) is 5.43. The van der Waals surface area contributed by atoms with E-state index in [4.69, 9.17) is 23.2 Å². The summed E-state index contributed by atoms with van der Waals surface area (Å²) in [6, 6.07) is 14.2. The first-order chi connectivity index (χ1) is 16.5. The van der Waals surface area contributed by atoms with Crippen molar-refractivity contribution >= 4 is 57.5 Å². The Morgan fingerprint density at radius 3 is 2.79 bits per heavy atom. The lowest BCUT2D eigenvalue weighted by atomic mass is 10.0. The van der Waals surface area contributed by atoms with Crippen LogP contribution in [0.5, 0.6) is 0 Å². The van der Waals surface area contributed by atoms with Crippen molar-refractivity contribution < 1.29 is 4.79 Å². The molecule has 5 nitrogen and oxygen atoms in total. The smallest absolute Gasteiger partial charge is 0.326 e. The molecule has 0 atom stereocenters. The van der Waals surface area contributed by atoms with Crippen molar-refractivity contribution in [2.24, 2.45) is 0 Å². The number of benzene rings is 2. The summed E-state index contributed by atoms with van der Waals surface area (Å²) in [5.74, 6) is 0. The lowest BCUT2D eigenvalue weighted by Crippen LogP contribution is -2.34. The van der Waals surface area contributed by atoms with Crippen molar-refractivity contribution in [2.75, 3.05) is 13.1 Å². The number of para-hydroxylation sites is 1. The van der Waals surface area contributed by atoms with E-state index < -0.39 is 0 Å². The van der Waals surface area contributed by atoms with Gasteiger partial charge in [-0.2, -0.15) is 0 Å². The maximum atomic E-state index is 13.3. The first kappa shape index (κ1) is 23.1. The molecule has 0 unspecified atom stereocenters. The maximum absolute atomic E-state index is 13.3. The van der Waals surface area contributed by atoms with Crippen LogP contribution in [0.2, 0.25) is 9.49 Å². The van der Waals surface area contributed by atoms with Gasteiger partial charge in [-0.3, -0.25) is 9.47 Å². The number of rotatable bonds is 5. The van der Waals surface area contributed by atoms with Crippen molar-refractivity contribution in [3.8, 4) is 0 Å². The first-order valence-electron chi connectivity index (χ1n) is 11.1. The number of aromatic nitrogens is 2. The molecule has 4 aromatic rings. The van der Waals surface area contributed by atoms with Gasteiger partial charge in [0.25, 0.3) is 0 Å². The van der Waals surface area contributed by atoms with Gasteiger partial charge in [0.15, 0.2) is 4.47 Å². The summed E-state index contributed by atoms with van der Waals surface area (Å²) in [7, 11) is 0. The van der Waals surface area contributed by atoms with E-state index in [1.165, 1.54) is 28.0 Å². The fraction of sp³-hybridized carbons (Fsp3) is 0.231. The van der Waals surface area contributed by atoms with Gasteiger partial charge in [-0.1, -0.05) is 77.3 Å². The van der Waals surface area contributed by atoms with Crippen LogP contribution in [0.15, 0.2) is 54.7 Å². The van der Waals surface area contributed by atoms with Gasteiger partial charge in [-0.25, -0.2) is 9.78 Å². The molecule has 2 aromatic heterocycles. The lowest BCUT2D eigenvalue weighted by molar-refractivity contribution is 0.240. The third-order valence-corrected chi connectivity index (χ3v) is 7.51. The van der Waals surface area contributed by atoms with E-state index >= 15 is 0 Å². The molecule has 0 saturated heterocycles. The highest BCUT2D eigenvalue weighted by Crippen LogP contribution is 2.34. The second-order valence-corrected chi connectivity index (χ2v) is 10.5. The highest BCUT2D eigenvalue weighted by atomic mass is 35.5. The predicted molar refractivity (Wildman–Crippen MR) is 141 cm³/mol. The molecular formula is C26H24Cl2N4OS. The van der Waals surface area contributed by atoms with Crippen LogP contribution < -0.4 is 5.32 Å². The number of halogens is 2. The van der Waals surface area contributed by atoms with Crippen LogP contribution in [-0.2, 0) is 19.5 Å². The van der Waals surface area contributed by atoms with Crippen LogP contribution in [0.3, 0.4) is 0 Å². The largest absolute Gasteiger partial charge is 0.332 e. The molecule has 1 N–H and O–H groups in total. The Balaban J connectivity index is 1.37. The Kier molecular flexibility index (Phi) is 6.75. The highest BCUT2D eigenvalue weighted by Gasteiger charge is 2.27. The summed E-state index contributed by atoms with van der Waals surface area (Å²) in [5, 5.41) is 4.61. The molecule has 0 bridgehead atoms. The lowest BCUT2D eigenvalue weighted by Gasteiger charge is -2.27. The van der Waals surface area contributed by atoms with Crippen LogP contribution in [0.4, 0.5) is 4.79 Å². The van der Waals surface area contributed by atoms with Crippen LogP contribution in [0, 0.1) is 6.92 Å². The number of nitrogens with zero attached hydrogens (tertiary/aromatic N) is 3. The van der Waals surface area contributed by atoms with E-state index in [9.17, 15) is 4.79 Å². The Bertz CT molecular complexity index is 1370. The third-order valence-electron chi connectivity index (χ3n) is 6.09. The van der Waals surface area contributed by atoms with Gasteiger partial charge >= 0.3 is 6.03 Å². The number of hydrogen-bond donors (Lipinski definition) is 1. The second-order valence-electron chi connectivity index (χ2n) is 8.43. The topological polar surface area (TPSA) is 50.2 Å². The monoisotopic (exact) mass is 510 g/mol. The van der Waals surface area contributed by atoms with Crippen LogP contribution in [0.25, 0.3) is 17.0 Å². The summed E-state index contributed by atoms with van der Waals surface area (Å²) in [4.78, 5) is 20.6. The quantitative estimate of drug-likeness (QED) is 0.331. The minimum absolute atomic E-state index is 0.184. The summed E-state index contributed by atoms with van der Waals surface area (Å²) in [6.07, 6.45) is 6.83. The molecule has 0 radical (unpaired) electrons. The van der Waals surface area contributed by atoms with Gasteiger partial charge in [0, 0.05) is 48.2 Å².